The van der Waals surface area contributed by atoms with E-state index in [1.54, 1.807) is 6.92 Å². The number of anilines is 2. The van der Waals surface area contributed by atoms with Crippen molar-refractivity contribution < 1.29 is 14.1 Å². The van der Waals surface area contributed by atoms with Crippen LogP contribution in [-0.2, 0) is 11.3 Å². The summed E-state index contributed by atoms with van der Waals surface area (Å²) in [6.07, 6.45) is 2.13. The van der Waals surface area contributed by atoms with Gasteiger partial charge in [0.25, 0.3) is 5.91 Å². The zero-order valence-electron chi connectivity index (χ0n) is 16.5. The quantitative estimate of drug-likeness (QED) is 0.626. The molecule has 0 spiro atoms. The van der Waals surface area contributed by atoms with Crippen LogP contribution in [0.15, 0.2) is 10.6 Å². The second-order valence-corrected chi connectivity index (χ2v) is 8.37. The van der Waals surface area contributed by atoms with Gasteiger partial charge < -0.3 is 25.6 Å². The Morgan fingerprint density at radius 3 is 2.97 bits per heavy atom. The minimum absolute atomic E-state index is 0.339. The molecule has 10 heteroatoms. The summed E-state index contributed by atoms with van der Waals surface area (Å²) in [6, 6.07) is 2.03. The van der Waals surface area contributed by atoms with Gasteiger partial charge in [-0.25, -0.2) is 4.98 Å². The molecule has 1 amide bonds. The van der Waals surface area contributed by atoms with E-state index in [2.05, 4.69) is 20.0 Å². The third kappa shape index (κ3) is 4.03. The fraction of sp³-hybridized carbons (Fsp3) is 0.474. The smallest absolute Gasteiger partial charge is 0.260 e. The van der Waals surface area contributed by atoms with Crippen molar-refractivity contribution >= 4 is 38.8 Å². The highest BCUT2D eigenvalue weighted by molar-refractivity contribution is 7.21. The SMILES string of the molecule is Cc1cc(N2CCC[C@H](COCc3noc(C)n3)C2)c2c(N)c(C(N)=O)sc2n1. The fourth-order valence-corrected chi connectivity index (χ4v) is 4.80. The van der Waals surface area contributed by atoms with Gasteiger partial charge in [0.05, 0.1) is 23.4 Å². The zero-order valence-corrected chi connectivity index (χ0v) is 17.3. The van der Waals surface area contributed by atoms with Gasteiger partial charge in [-0.15, -0.1) is 11.3 Å². The Hall–Kier alpha value is -2.72. The predicted molar refractivity (Wildman–Crippen MR) is 111 cm³/mol. The molecule has 1 atom stereocenters. The van der Waals surface area contributed by atoms with Gasteiger partial charge in [0.2, 0.25) is 5.89 Å². The van der Waals surface area contributed by atoms with Gasteiger partial charge in [0, 0.05) is 25.7 Å². The minimum Gasteiger partial charge on any atom is -0.397 e. The molecule has 4 rings (SSSR count). The largest absolute Gasteiger partial charge is 0.397 e. The first kappa shape index (κ1) is 19.6. The highest BCUT2D eigenvalue weighted by Gasteiger charge is 2.25. The number of thiophene rings is 1. The Morgan fingerprint density at radius 2 is 2.24 bits per heavy atom. The first-order valence-corrected chi connectivity index (χ1v) is 10.4. The summed E-state index contributed by atoms with van der Waals surface area (Å²) in [4.78, 5) is 23.9. The molecular weight excluding hydrogens is 392 g/mol. The van der Waals surface area contributed by atoms with Crippen molar-refractivity contribution in [3.8, 4) is 0 Å². The number of ether oxygens (including phenoxy) is 1. The van der Waals surface area contributed by atoms with Crippen molar-refractivity contribution in [3.63, 3.8) is 0 Å². The Balaban J connectivity index is 1.51. The second kappa shape index (κ2) is 7.96. The molecule has 1 fully saturated rings. The van der Waals surface area contributed by atoms with Crippen LogP contribution in [0.2, 0.25) is 0 Å². The molecule has 3 aromatic rings. The van der Waals surface area contributed by atoms with Crippen LogP contribution < -0.4 is 16.4 Å². The van der Waals surface area contributed by atoms with Gasteiger partial charge in [-0.3, -0.25) is 4.79 Å². The average Bonchev–Trinajstić information content (AvgIpc) is 3.24. The van der Waals surface area contributed by atoms with Crippen LogP contribution in [0.3, 0.4) is 0 Å². The molecule has 4 N–H and O–H groups in total. The molecule has 0 aliphatic carbocycles. The van der Waals surface area contributed by atoms with Gasteiger partial charge in [0.1, 0.15) is 16.3 Å². The predicted octanol–water partition coefficient (Wildman–Crippen LogP) is 2.41. The molecule has 0 aromatic carbocycles. The molecular formula is C19H24N6O3S. The second-order valence-electron chi connectivity index (χ2n) is 7.37. The van der Waals surface area contributed by atoms with Gasteiger partial charge in [-0.05, 0) is 31.7 Å². The monoisotopic (exact) mass is 416 g/mol. The Kier molecular flexibility index (Phi) is 5.37. The van der Waals surface area contributed by atoms with E-state index < -0.39 is 5.91 Å². The first-order chi connectivity index (χ1) is 13.9. The van der Waals surface area contributed by atoms with Crippen molar-refractivity contribution in [1.29, 1.82) is 0 Å². The number of aryl methyl sites for hydroxylation is 2. The van der Waals surface area contributed by atoms with Crippen LogP contribution in [0, 0.1) is 19.8 Å². The number of hydrogen-bond acceptors (Lipinski definition) is 9. The summed E-state index contributed by atoms with van der Waals surface area (Å²) in [7, 11) is 0. The maximum absolute atomic E-state index is 11.7. The summed E-state index contributed by atoms with van der Waals surface area (Å²) in [5.74, 6) is 0.950. The molecule has 4 heterocycles. The Bertz CT molecular complexity index is 1050. The maximum atomic E-state index is 11.7. The van der Waals surface area contributed by atoms with E-state index in [1.807, 2.05) is 13.0 Å². The number of nitrogen functional groups attached to an aromatic ring is 1. The highest BCUT2D eigenvalue weighted by Crippen LogP contribution is 2.40. The van der Waals surface area contributed by atoms with Crippen molar-refractivity contribution in [2.45, 2.75) is 33.3 Å². The first-order valence-electron chi connectivity index (χ1n) is 9.53. The van der Waals surface area contributed by atoms with Crippen molar-refractivity contribution in [1.82, 2.24) is 15.1 Å². The molecule has 1 aliphatic rings. The van der Waals surface area contributed by atoms with Gasteiger partial charge in [-0.2, -0.15) is 4.98 Å². The lowest BCUT2D eigenvalue weighted by atomic mass is 9.98. The number of nitrogens with two attached hydrogens (primary N) is 2. The summed E-state index contributed by atoms with van der Waals surface area (Å²) in [6.45, 7) is 6.41. The van der Waals surface area contributed by atoms with Crippen LogP contribution in [0.1, 0.15) is 39.9 Å². The van der Waals surface area contributed by atoms with Crippen molar-refractivity contribution in [2.75, 3.05) is 30.3 Å². The summed E-state index contributed by atoms with van der Waals surface area (Å²) < 4.78 is 10.8. The van der Waals surface area contributed by atoms with E-state index in [0.717, 1.165) is 47.5 Å². The van der Waals surface area contributed by atoms with Gasteiger partial charge >= 0.3 is 0 Å². The van der Waals surface area contributed by atoms with Crippen molar-refractivity contribution in [3.05, 3.63) is 28.4 Å². The molecule has 1 aliphatic heterocycles. The minimum atomic E-state index is -0.518. The average molecular weight is 417 g/mol. The number of fused-ring (bicyclic) bond motifs is 1. The topological polar surface area (TPSA) is 133 Å². The Morgan fingerprint density at radius 1 is 1.41 bits per heavy atom. The van der Waals surface area contributed by atoms with E-state index in [-0.39, 0.29) is 0 Å². The number of piperidine rings is 1. The van der Waals surface area contributed by atoms with E-state index in [0.29, 0.717) is 41.4 Å². The van der Waals surface area contributed by atoms with Crippen LogP contribution in [0.4, 0.5) is 11.4 Å². The molecule has 9 nitrogen and oxygen atoms in total. The highest BCUT2D eigenvalue weighted by atomic mass is 32.1. The number of carbonyl (C=O) groups excluding carboxylic acids is 1. The fourth-order valence-electron chi connectivity index (χ4n) is 3.79. The van der Waals surface area contributed by atoms with E-state index in [1.165, 1.54) is 11.3 Å². The molecule has 0 bridgehead atoms. The lowest BCUT2D eigenvalue weighted by Gasteiger charge is -2.35. The normalized spacial score (nSPS) is 17.2. The third-order valence-electron chi connectivity index (χ3n) is 5.04. The molecule has 154 valence electrons. The zero-order chi connectivity index (χ0) is 20.5. The third-order valence-corrected chi connectivity index (χ3v) is 6.16. The standard InChI is InChI=1S/C19H24N6O3S/c1-10-6-13(15-16(20)17(18(21)26)29-19(15)22-10)25-5-3-4-12(7-25)8-27-9-14-23-11(2)28-24-14/h6,12H,3-5,7-9,20H2,1-2H3,(H2,21,26)/t12-/m0/s1. The van der Waals surface area contributed by atoms with Crippen LogP contribution in [-0.4, -0.2) is 40.7 Å². The molecule has 29 heavy (non-hydrogen) atoms. The number of amides is 1. The summed E-state index contributed by atoms with van der Waals surface area (Å²) >= 11 is 1.25. The maximum Gasteiger partial charge on any atom is 0.260 e. The lowest BCUT2D eigenvalue weighted by Crippen LogP contribution is -2.37. The van der Waals surface area contributed by atoms with E-state index >= 15 is 0 Å². The van der Waals surface area contributed by atoms with Crippen LogP contribution >= 0.6 is 11.3 Å². The number of rotatable bonds is 6. The number of aromatic nitrogens is 3. The summed E-state index contributed by atoms with van der Waals surface area (Å²) in [5, 5.41) is 4.67. The van der Waals surface area contributed by atoms with Gasteiger partial charge in [0.15, 0.2) is 5.82 Å². The number of nitrogens with zero attached hydrogens (tertiary/aromatic N) is 4. The molecule has 3 aromatic heterocycles. The number of hydrogen-bond donors (Lipinski definition) is 2. The molecule has 0 saturated carbocycles. The number of carbonyl (C=O) groups is 1. The number of pyridine rings is 1. The molecule has 1 saturated heterocycles. The van der Waals surface area contributed by atoms with E-state index in [9.17, 15) is 4.79 Å². The molecule has 0 radical (unpaired) electrons. The van der Waals surface area contributed by atoms with Crippen molar-refractivity contribution in [2.24, 2.45) is 11.7 Å². The summed E-state index contributed by atoms with van der Waals surface area (Å²) in [5.41, 5.74) is 14.1. The van der Waals surface area contributed by atoms with Gasteiger partial charge in [-0.1, -0.05) is 5.16 Å². The van der Waals surface area contributed by atoms with E-state index in [4.69, 9.17) is 20.7 Å². The molecule has 0 unspecified atom stereocenters. The van der Waals surface area contributed by atoms with Crippen LogP contribution in [0.5, 0.6) is 0 Å². The number of primary amides is 1. The lowest BCUT2D eigenvalue weighted by molar-refractivity contribution is 0.0762. The Labute approximate surface area is 172 Å². The van der Waals surface area contributed by atoms with Crippen LogP contribution in [0.25, 0.3) is 10.2 Å².